The van der Waals surface area contributed by atoms with Crippen LogP contribution in [0.4, 0.5) is 4.39 Å². The maximum Gasteiger partial charge on any atom is 0.123 e. The van der Waals surface area contributed by atoms with E-state index in [9.17, 15) is 4.39 Å². The lowest BCUT2D eigenvalue weighted by Crippen LogP contribution is -2.29. The van der Waals surface area contributed by atoms with Crippen molar-refractivity contribution in [2.45, 2.75) is 20.4 Å². The Morgan fingerprint density at radius 3 is 2.65 bits per heavy atom. The van der Waals surface area contributed by atoms with Gasteiger partial charge in [-0.2, -0.15) is 0 Å². The van der Waals surface area contributed by atoms with Crippen LogP contribution in [0.5, 0.6) is 0 Å². The Hall–Kier alpha value is -0.450. The molecule has 0 amide bonds. The Balaban J connectivity index is 2.20. The van der Waals surface area contributed by atoms with Gasteiger partial charge in [0, 0.05) is 24.1 Å². The molecule has 0 atom stereocenters. The SMILES string of the molecule is CC(C)CNCCNCc1cc(F)ccc1Br. The molecule has 0 heterocycles. The zero-order valence-corrected chi connectivity index (χ0v) is 12.0. The van der Waals surface area contributed by atoms with E-state index >= 15 is 0 Å². The maximum absolute atomic E-state index is 13.0. The Kier molecular flexibility index (Phi) is 6.70. The van der Waals surface area contributed by atoms with Crippen molar-refractivity contribution in [3.8, 4) is 0 Å². The highest BCUT2D eigenvalue weighted by Crippen LogP contribution is 2.17. The van der Waals surface area contributed by atoms with Gasteiger partial charge in [0.05, 0.1) is 0 Å². The van der Waals surface area contributed by atoms with E-state index in [-0.39, 0.29) is 5.82 Å². The first kappa shape index (κ1) is 14.6. The van der Waals surface area contributed by atoms with Crippen LogP contribution in [0.2, 0.25) is 0 Å². The molecule has 1 rings (SSSR count). The second kappa shape index (κ2) is 7.80. The summed E-state index contributed by atoms with van der Waals surface area (Å²) in [4.78, 5) is 0. The van der Waals surface area contributed by atoms with Crippen molar-refractivity contribution in [3.63, 3.8) is 0 Å². The minimum absolute atomic E-state index is 0.192. The summed E-state index contributed by atoms with van der Waals surface area (Å²) in [6, 6.07) is 4.75. The van der Waals surface area contributed by atoms with Crippen molar-refractivity contribution in [3.05, 3.63) is 34.1 Å². The van der Waals surface area contributed by atoms with Gasteiger partial charge in [-0.15, -0.1) is 0 Å². The Morgan fingerprint density at radius 1 is 1.24 bits per heavy atom. The van der Waals surface area contributed by atoms with Gasteiger partial charge in [0.25, 0.3) is 0 Å². The lowest BCUT2D eigenvalue weighted by Gasteiger charge is -2.09. The number of nitrogens with one attached hydrogen (secondary N) is 2. The third-order valence-electron chi connectivity index (χ3n) is 2.35. The molecule has 0 saturated carbocycles. The van der Waals surface area contributed by atoms with Crippen LogP contribution in [0.3, 0.4) is 0 Å². The molecule has 17 heavy (non-hydrogen) atoms. The van der Waals surface area contributed by atoms with Crippen LogP contribution in [0.1, 0.15) is 19.4 Å². The molecular formula is C13H20BrFN2. The second-order valence-electron chi connectivity index (χ2n) is 4.51. The fourth-order valence-corrected chi connectivity index (χ4v) is 1.86. The molecule has 1 aromatic carbocycles. The van der Waals surface area contributed by atoms with E-state index < -0.39 is 0 Å². The molecule has 0 bridgehead atoms. The van der Waals surface area contributed by atoms with E-state index in [2.05, 4.69) is 40.4 Å². The summed E-state index contributed by atoms with van der Waals surface area (Å²) >= 11 is 3.41. The zero-order valence-electron chi connectivity index (χ0n) is 10.4. The molecule has 2 N–H and O–H groups in total. The Labute approximate surface area is 111 Å². The van der Waals surface area contributed by atoms with Crippen LogP contribution in [-0.2, 0) is 6.54 Å². The van der Waals surface area contributed by atoms with Crippen molar-refractivity contribution in [1.82, 2.24) is 10.6 Å². The minimum atomic E-state index is -0.192. The third-order valence-corrected chi connectivity index (χ3v) is 3.13. The van der Waals surface area contributed by atoms with Crippen LogP contribution < -0.4 is 10.6 Å². The summed E-state index contributed by atoms with van der Waals surface area (Å²) in [7, 11) is 0. The molecule has 0 unspecified atom stereocenters. The van der Waals surface area contributed by atoms with Crippen molar-refractivity contribution in [1.29, 1.82) is 0 Å². The van der Waals surface area contributed by atoms with Gasteiger partial charge in [-0.3, -0.25) is 0 Å². The number of benzene rings is 1. The Morgan fingerprint density at radius 2 is 1.94 bits per heavy atom. The number of hydrogen-bond donors (Lipinski definition) is 2. The summed E-state index contributed by atoms with van der Waals surface area (Å²) in [6.45, 7) is 7.91. The average Bonchev–Trinajstić information content (AvgIpc) is 2.27. The molecule has 96 valence electrons. The zero-order chi connectivity index (χ0) is 12.7. The van der Waals surface area contributed by atoms with Gasteiger partial charge in [0.1, 0.15) is 5.82 Å². The fourth-order valence-electron chi connectivity index (χ4n) is 1.47. The molecule has 0 aromatic heterocycles. The first-order valence-corrected chi connectivity index (χ1v) is 6.74. The largest absolute Gasteiger partial charge is 0.315 e. The average molecular weight is 303 g/mol. The van der Waals surface area contributed by atoms with Crippen LogP contribution in [0.25, 0.3) is 0 Å². The van der Waals surface area contributed by atoms with Gasteiger partial charge in [-0.05, 0) is 36.2 Å². The standard InChI is InChI=1S/C13H20BrFN2/c1-10(2)8-16-5-6-17-9-11-7-12(15)3-4-13(11)14/h3-4,7,10,16-17H,5-6,8-9H2,1-2H3. The van der Waals surface area contributed by atoms with Gasteiger partial charge >= 0.3 is 0 Å². The van der Waals surface area contributed by atoms with Crippen molar-refractivity contribution in [2.75, 3.05) is 19.6 Å². The van der Waals surface area contributed by atoms with Gasteiger partial charge in [-0.1, -0.05) is 29.8 Å². The summed E-state index contributed by atoms with van der Waals surface area (Å²) < 4.78 is 14.0. The van der Waals surface area contributed by atoms with Gasteiger partial charge in [-0.25, -0.2) is 4.39 Å². The quantitative estimate of drug-likeness (QED) is 0.757. The second-order valence-corrected chi connectivity index (χ2v) is 5.36. The van der Waals surface area contributed by atoms with E-state index in [1.165, 1.54) is 6.07 Å². The molecule has 0 fully saturated rings. The highest BCUT2D eigenvalue weighted by atomic mass is 79.9. The fraction of sp³-hybridized carbons (Fsp3) is 0.538. The van der Waals surface area contributed by atoms with Gasteiger partial charge in [0.2, 0.25) is 0 Å². The molecule has 0 aliphatic heterocycles. The predicted molar refractivity (Wildman–Crippen MR) is 73.5 cm³/mol. The van der Waals surface area contributed by atoms with Crippen molar-refractivity contribution >= 4 is 15.9 Å². The summed E-state index contributed by atoms with van der Waals surface area (Å²) in [5.74, 6) is 0.482. The molecule has 0 radical (unpaired) electrons. The third kappa shape index (κ3) is 6.15. The van der Waals surface area contributed by atoms with Gasteiger partial charge in [0.15, 0.2) is 0 Å². The maximum atomic E-state index is 13.0. The first-order valence-electron chi connectivity index (χ1n) is 5.95. The van der Waals surface area contributed by atoms with Gasteiger partial charge < -0.3 is 10.6 Å². The smallest absolute Gasteiger partial charge is 0.123 e. The summed E-state index contributed by atoms with van der Waals surface area (Å²) in [6.07, 6.45) is 0. The normalized spacial score (nSPS) is 11.1. The van der Waals surface area contributed by atoms with E-state index in [0.29, 0.717) is 12.5 Å². The van der Waals surface area contributed by atoms with E-state index in [1.807, 2.05) is 0 Å². The predicted octanol–water partition coefficient (Wildman–Crippen LogP) is 2.92. The molecule has 0 aliphatic carbocycles. The van der Waals surface area contributed by atoms with E-state index in [1.54, 1.807) is 12.1 Å². The minimum Gasteiger partial charge on any atom is -0.315 e. The molecule has 1 aromatic rings. The molecule has 0 saturated heterocycles. The van der Waals surface area contributed by atoms with E-state index in [4.69, 9.17) is 0 Å². The van der Waals surface area contributed by atoms with E-state index in [0.717, 1.165) is 29.7 Å². The summed E-state index contributed by atoms with van der Waals surface area (Å²) in [5.41, 5.74) is 0.953. The molecule has 0 aliphatic rings. The highest BCUT2D eigenvalue weighted by molar-refractivity contribution is 9.10. The van der Waals surface area contributed by atoms with Crippen molar-refractivity contribution < 1.29 is 4.39 Å². The van der Waals surface area contributed by atoms with Crippen LogP contribution >= 0.6 is 15.9 Å². The first-order chi connectivity index (χ1) is 8.09. The monoisotopic (exact) mass is 302 g/mol. The molecule has 4 heteroatoms. The topological polar surface area (TPSA) is 24.1 Å². The molecular weight excluding hydrogens is 283 g/mol. The van der Waals surface area contributed by atoms with Crippen LogP contribution in [-0.4, -0.2) is 19.6 Å². The van der Waals surface area contributed by atoms with Crippen LogP contribution in [0.15, 0.2) is 22.7 Å². The highest BCUT2D eigenvalue weighted by Gasteiger charge is 2.01. The number of halogens is 2. The summed E-state index contributed by atoms with van der Waals surface area (Å²) in [5, 5.41) is 6.63. The van der Waals surface area contributed by atoms with Crippen molar-refractivity contribution in [2.24, 2.45) is 5.92 Å². The lowest BCUT2D eigenvalue weighted by molar-refractivity contribution is 0.534. The number of hydrogen-bond acceptors (Lipinski definition) is 2. The van der Waals surface area contributed by atoms with Crippen LogP contribution in [0, 0.1) is 11.7 Å². The molecule has 0 spiro atoms. The number of rotatable bonds is 7. The lowest BCUT2D eigenvalue weighted by atomic mass is 10.2. The Bertz CT molecular complexity index is 342. The molecule has 2 nitrogen and oxygen atoms in total.